The van der Waals surface area contributed by atoms with Crippen molar-refractivity contribution >= 4 is 11.6 Å². The van der Waals surface area contributed by atoms with Crippen LogP contribution in [0.15, 0.2) is 6.33 Å². The Balaban J connectivity index is 2.23. The average molecular weight is 250 g/mol. The third-order valence-corrected chi connectivity index (χ3v) is 3.70. The lowest BCUT2D eigenvalue weighted by Crippen LogP contribution is -2.38. The molecule has 1 aliphatic carbocycles. The van der Waals surface area contributed by atoms with E-state index in [2.05, 4.69) is 21.8 Å². The summed E-state index contributed by atoms with van der Waals surface area (Å²) in [7, 11) is 1.72. The summed E-state index contributed by atoms with van der Waals surface area (Å²) in [6.45, 7) is 5.76. The zero-order valence-corrected chi connectivity index (χ0v) is 11.4. The lowest BCUT2D eigenvalue weighted by molar-refractivity contribution is 0.202. The molecule has 0 radical (unpaired) electrons. The van der Waals surface area contributed by atoms with E-state index < -0.39 is 0 Å². The summed E-state index contributed by atoms with van der Waals surface area (Å²) in [5, 5.41) is 0. The largest absolute Gasteiger partial charge is 0.383 e. The maximum atomic E-state index is 5.87. The normalized spacial score (nSPS) is 16.6. The Kier molecular flexibility index (Phi) is 4.01. The van der Waals surface area contributed by atoms with Crippen molar-refractivity contribution < 1.29 is 4.74 Å². The van der Waals surface area contributed by atoms with Gasteiger partial charge >= 0.3 is 0 Å². The quantitative estimate of drug-likeness (QED) is 0.831. The van der Waals surface area contributed by atoms with Crippen LogP contribution in [0.3, 0.4) is 0 Å². The lowest BCUT2D eigenvalue weighted by Gasteiger charge is -2.31. The molecule has 1 saturated carbocycles. The molecule has 0 bridgehead atoms. The van der Waals surface area contributed by atoms with Crippen LogP contribution in [-0.2, 0) is 4.74 Å². The number of nitrogen functional groups attached to an aromatic ring is 1. The first kappa shape index (κ1) is 13.1. The second kappa shape index (κ2) is 5.52. The van der Waals surface area contributed by atoms with E-state index >= 15 is 0 Å². The summed E-state index contributed by atoms with van der Waals surface area (Å²) >= 11 is 0. The third kappa shape index (κ3) is 2.72. The van der Waals surface area contributed by atoms with E-state index in [1.54, 1.807) is 7.11 Å². The molecule has 5 heteroatoms. The Labute approximate surface area is 108 Å². The maximum Gasteiger partial charge on any atom is 0.137 e. The molecule has 1 aromatic heterocycles. The molecule has 5 nitrogen and oxygen atoms in total. The fourth-order valence-corrected chi connectivity index (χ4v) is 2.27. The average Bonchev–Trinajstić information content (AvgIpc) is 3.18. The van der Waals surface area contributed by atoms with E-state index in [9.17, 15) is 0 Å². The van der Waals surface area contributed by atoms with E-state index in [4.69, 9.17) is 10.5 Å². The Morgan fingerprint density at radius 2 is 2.22 bits per heavy atom. The Bertz CT molecular complexity index is 406. The van der Waals surface area contributed by atoms with Crippen LogP contribution in [0.1, 0.15) is 25.3 Å². The van der Waals surface area contributed by atoms with Gasteiger partial charge in [0.15, 0.2) is 0 Å². The first-order valence-electron chi connectivity index (χ1n) is 6.47. The molecule has 1 heterocycles. The van der Waals surface area contributed by atoms with Crippen LogP contribution in [0.2, 0.25) is 0 Å². The van der Waals surface area contributed by atoms with Gasteiger partial charge in [-0.1, -0.05) is 0 Å². The first-order valence-corrected chi connectivity index (χ1v) is 6.47. The predicted molar refractivity (Wildman–Crippen MR) is 72.6 cm³/mol. The van der Waals surface area contributed by atoms with Crippen molar-refractivity contribution in [2.75, 3.05) is 30.9 Å². The van der Waals surface area contributed by atoms with Crippen LogP contribution in [0.5, 0.6) is 0 Å². The van der Waals surface area contributed by atoms with Gasteiger partial charge in [0.2, 0.25) is 0 Å². The Morgan fingerprint density at radius 1 is 1.50 bits per heavy atom. The van der Waals surface area contributed by atoms with Crippen molar-refractivity contribution in [2.45, 2.75) is 32.7 Å². The highest BCUT2D eigenvalue weighted by Crippen LogP contribution is 2.37. The van der Waals surface area contributed by atoms with Crippen LogP contribution in [0.4, 0.5) is 11.6 Å². The second-order valence-corrected chi connectivity index (χ2v) is 4.97. The smallest absolute Gasteiger partial charge is 0.137 e. The summed E-state index contributed by atoms with van der Waals surface area (Å²) in [6, 6.07) is 0.480. The maximum absolute atomic E-state index is 5.87. The molecule has 1 fully saturated rings. The van der Waals surface area contributed by atoms with Crippen molar-refractivity contribution in [2.24, 2.45) is 5.92 Å². The van der Waals surface area contributed by atoms with Crippen molar-refractivity contribution in [3.8, 4) is 0 Å². The zero-order valence-electron chi connectivity index (χ0n) is 11.4. The number of rotatable bonds is 6. The predicted octanol–water partition coefficient (Wildman–Crippen LogP) is 1.62. The van der Waals surface area contributed by atoms with Gasteiger partial charge in [0.1, 0.15) is 18.0 Å². The molecule has 0 aliphatic heterocycles. The highest BCUT2D eigenvalue weighted by Gasteiger charge is 2.33. The molecule has 0 spiro atoms. The van der Waals surface area contributed by atoms with Gasteiger partial charge in [-0.15, -0.1) is 0 Å². The lowest BCUT2D eigenvalue weighted by atomic mass is 10.1. The number of hydrogen-bond donors (Lipinski definition) is 1. The molecular weight excluding hydrogens is 228 g/mol. The van der Waals surface area contributed by atoms with E-state index in [-0.39, 0.29) is 0 Å². The minimum atomic E-state index is 0.480. The van der Waals surface area contributed by atoms with Gasteiger partial charge < -0.3 is 15.4 Å². The van der Waals surface area contributed by atoms with Crippen LogP contribution >= 0.6 is 0 Å². The van der Waals surface area contributed by atoms with Crippen molar-refractivity contribution in [1.82, 2.24) is 9.97 Å². The number of aromatic nitrogens is 2. The molecule has 0 saturated heterocycles. The molecule has 0 amide bonds. The summed E-state index contributed by atoms with van der Waals surface area (Å²) in [5.41, 5.74) is 6.83. The Morgan fingerprint density at radius 3 is 2.83 bits per heavy atom. The highest BCUT2D eigenvalue weighted by molar-refractivity contribution is 5.56. The van der Waals surface area contributed by atoms with Crippen LogP contribution in [-0.4, -0.2) is 36.3 Å². The SMILES string of the molecule is COCCN(c1ncnc(N)c1C)C(C)C1CC1. The van der Waals surface area contributed by atoms with Crippen LogP contribution in [0.25, 0.3) is 0 Å². The molecule has 1 aromatic rings. The molecule has 100 valence electrons. The monoisotopic (exact) mass is 250 g/mol. The number of nitrogens with two attached hydrogens (primary N) is 1. The number of anilines is 2. The summed E-state index contributed by atoms with van der Waals surface area (Å²) < 4.78 is 5.20. The number of ether oxygens (including phenoxy) is 1. The minimum Gasteiger partial charge on any atom is -0.383 e. The molecule has 2 rings (SSSR count). The number of methoxy groups -OCH3 is 1. The summed E-state index contributed by atoms with van der Waals surface area (Å²) in [4.78, 5) is 10.7. The van der Waals surface area contributed by atoms with Gasteiger partial charge in [0, 0.05) is 25.3 Å². The minimum absolute atomic E-state index is 0.480. The number of hydrogen-bond acceptors (Lipinski definition) is 5. The highest BCUT2D eigenvalue weighted by atomic mass is 16.5. The first-order chi connectivity index (χ1) is 8.65. The van der Waals surface area contributed by atoms with E-state index in [1.165, 1.54) is 19.2 Å². The van der Waals surface area contributed by atoms with E-state index in [0.717, 1.165) is 23.8 Å². The van der Waals surface area contributed by atoms with Crippen molar-refractivity contribution in [1.29, 1.82) is 0 Å². The topological polar surface area (TPSA) is 64.3 Å². The van der Waals surface area contributed by atoms with E-state index in [0.29, 0.717) is 18.5 Å². The molecule has 2 N–H and O–H groups in total. The van der Waals surface area contributed by atoms with Gasteiger partial charge in [-0.3, -0.25) is 0 Å². The van der Waals surface area contributed by atoms with Gasteiger partial charge in [-0.25, -0.2) is 9.97 Å². The van der Waals surface area contributed by atoms with Crippen LogP contribution < -0.4 is 10.6 Å². The molecular formula is C13H22N4O. The fourth-order valence-electron chi connectivity index (χ4n) is 2.27. The molecule has 1 atom stereocenters. The van der Waals surface area contributed by atoms with E-state index in [1.807, 2.05) is 6.92 Å². The molecule has 18 heavy (non-hydrogen) atoms. The fraction of sp³-hybridized carbons (Fsp3) is 0.692. The zero-order chi connectivity index (χ0) is 13.1. The third-order valence-electron chi connectivity index (χ3n) is 3.70. The molecule has 1 aliphatic rings. The van der Waals surface area contributed by atoms with Gasteiger partial charge in [-0.2, -0.15) is 0 Å². The van der Waals surface area contributed by atoms with Crippen molar-refractivity contribution in [3.63, 3.8) is 0 Å². The molecule has 1 unspecified atom stereocenters. The molecule has 0 aromatic carbocycles. The van der Waals surface area contributed by atoms with Gasteiger partial charge in [0.05, 0.1) is 6.61 Å². The Hall–Kier alpha value is -1.36. The summed E-state index contributed by atoms with van der Waals surface area (Å²) in [6.07, 6.45) is 4.16. The summed E-state index contributed by atoms with van der Waals surface area (Å²) in [5.74, 6) is 2.28. The van der Waals surface area contributed by atoms with Gasteiger partial charge in [0.25, 0.3) is 0 Å². The second-order valence-electron chi connectivity index (χ2n) is 4.97. The van der Waals surface area contributed by atoms with Crippen molar-refractivity contribution in [3.05, 3.63) is 11.9 Å². The van der Waals surface area contributed by atoms with Crippen LogP contribution in [0, 0.1) is 12.8 Å². The number of nitrogens with zero attached hydrogens (tertiary/aromatic N) is 3. The standard InChI is InChI=1S/C13H22N4O/c1-9-12(14)15-8-16-13(9)17(6-7-18-3)10(2)11-4-5-11/h8,10-11H,4-7H2,1-3H3,(H2,14,15,16). The van der Waals surface area contributed by atoms with Gasteiger partial charge in [-0.05, 0) is 32.6 Å².